The maximum atomic E-state index is 11.7. The van der Waals surface area contributed by atoms with E-state index in [0.29, 0.717) is 11.6 Å². The normalized spacial score (nSPS) is 13.6. The number of hydrogen-bond acceptors (Lipinski definition) is 4. The fourth-order valence-electron chi connectivity index (χ4n) is 2.03. The van der Waals surface area contributed by atoms with E-state index in [9.17, 15) is 9.59 Å². The van der Waals surface area contributed by atoms with Crippen molar-refractivity contribution >= 4 is 23.5 Å². The third-order valence-corrected chi connectivity index (χ3v) is 3.56. The predicted octanol–water partition coefficient (Wildman–Crippen LogP) is 2.01. The molecule has 0 saturated carbocycles. The summed E-state index contributed by atoms with van der Waals surface area (Å²) in [5.41, 5.74) is 1.04. The SMILES string of the molecule is COC(=O)C(CN(C)C(C)c1cccc(Cl)c1)NC(C)=O. The van der Waals surface area contributed by atoms with E-state index in [0.717, 1.165) is 5.56 Å². The third-order valence-electron chi connectivity index (χ3n) is 3.33. The zero-order valence-corrected chi connectivity index (χ0v) is 13.5. The second-order valence-corrected chi connectivity index (χ2v) is 5.38. The van der Waals surface area contributed by atoms with Gasteiger partial charge < -0.3 is 10.1 Å². The van der Waals surface area contributed by atoms with E-state index in [1.165, 1.54) is 14.0 Å². The van der Waals surface area contributed by atoms with Crippen LogP contribution in [0.5, 0.6) is 0 Å². The molecule has 1 aromatic rings. The molecule has 0 bridgehead atoms. The maximum Gasteiger partial charge on any atom is 0.329 e. The first-order valence-electron chi connectivity index (χ1n) is 6.65. The van der Waals surface area contributed by atoms with Gasteiger partial charge in [-0.25, -0.2) is 4.79 Å². The molecule has 1 amide bonds. The van der Waals surface area contributed by atoms with E-state index >= 15 is 0 Å². The van der Waals surface area contributed by atoms with E-state index in [2.05, 4.69) is 5.32 Å². The molecule has 0 saturated heterocycles. The van der Waals surface area contributed by atoms with Crippen LogP contribution in [-0.2, 0) is 14.3 Å². The molecule has 0 aromatic heterocycles. The van der Waals surface area contributed by atoms with Gasteiger partial charge in [0.15, 0.2) is 0 Å². The first-order valence-corrected chi connectivity index (χ1v) is 7.03. The standard InChI is InChI=1S/C15H21ClN2O3/c1-10(12-6-5-7-13(16)8-12)18(3)9-14(15(20)21-4)17-11(2)19/h5-8,10,14H,9H2,1-4H3,(H,17,19). The summed E-state index contributed by atoms with van der Waals surface area (Å²) in [6, 6.07) is 6.90. The van der Waals surface area contributed by atoms with Gasteiger partial charge in [-0.05, 0) is 31.7 Å². The average molecular weight is 313 g/mol. The second-order valence-electron chi connectivity index (χ2n) is 4.95. The Morgan fingerprint density at radius 1 is 1.43 bits per heavy atom. The van der Waals surface area contributed by atoms with Crippen molar-refractivity contribution in [2.45, 2.75) is 25.9 Å². The number of nitrogens with zero attached hydrogens (tertiary/aromatic N) is 1. The number of ether oxygens (including phenoxy) is 1. The molecule has 1 aromatic carbocycles. The summed E-state index contributed by atoms with van der Waals surface area (Å²) in [5.74, 6) is -0.732. The molecule has 21 heavy (non-hydrogen) atoms. The van der Waals surface area contributed by atoms with Crippen LogP contribution in [0, 0.1) is 0 Å². The number of halogens is 1. The van der Waals surface area contributed by atoms with Gasteiger partial charge in [-0.3, -0.25) is 9.69 Å². The molecule has 0 radical (unpaired) electrons. The number of methoxy groups -OCH3 is 1. The lowest BCUT2D eigenvalue weighted by Gasteiger charge is -2.28. The van der Waals surface area contributed by atoms with E-state index in [-0.39, 0.29) is 11.9 Å². The van der Waals surface area contributed by atoms with Gasteiger partial charge in [0, 0.05) is 24.5 Å². The summed E-state index contributed by atoms with van der Waals surface area (Å²) in [5, 5.41) is 3.26. The van der Waals surface area contributed by atoms with Gasteiger partial charge in [-0.1, -0.05) is 23.7 Å². The molecule has 0 fully saturated rings. The number of amides is 1. The highest BCUT2D eigenvalue weighted by Crippen LogP contribution is 2.21. The number of carbonyl (C=O) groups is 2. The Morgan fingerprint density at radius 2 is 2.10 bits per heavy atom. The molecule has 1 N–H and O–H groups in total. The first kappa shape index (κ1) is 17.5. The predicted molar refractivity (Wildman–Crippen MR) is 82.1 cm³/mol. The van der Waals surface area contributed by atoms with Gasteiger partial charge in [-0.2, -0.15) is 0 Å². The van der Waals surface area contributed by atoms with Crippen molar-refractivity contribution in [1.82, 2.24) is 10.2 Å². The highest BCUT2D eigenvalue weighted by molar-refractivity contribution is 6.30. The Hall–Kier alpha value is -1.59. The van der Waals surface area contributed by atoms with Gasteiger partial charge in [0.05, 0.1) is 7.11 Å². The Labute approximate surface area is 130 Å². The second kappa shape index (κ2) is 8.00. The average Bonchev–Trinajstić information content (AvgIpc) is 2.44. The maximum absolute atomic E-state index is 11.7. The number of rotatable bonds is 6. The van der Waals surface area contributed by atoms with E-state index in [1.54, 1.807) is 0 Å². The van der Waals surface area contributed by atoms with Crippen LogP contribution in [-0.4, -0.2) is 43.5 Å². The minimum absolute atomic E-state index is 0.0459. The molecule has 2 atom stereocenters. The fraction of sp³-hybridized carbons (Fsp3) is 0.467. The minimum Gasteiger partial charge on any atom is -0.467 e. The van der Waals surface area contributed by atoms with Crippen molar-refractivity contribution < 1.29 is 14.3 Å². The molecule has 0 heterocycles. The summed E-state index contributed by atoms with van der Waals surface area (Å²) in [6.45, 7) is 3.73. The van der Waals surface area contributed by atoms with Gasteiger partial charge in [-0.15, -0.1) is 0 Å². The quantitative estimate of drug-likeness (QED) is 0.816. The molecule has 0 aliphatic carbocycles. The van der Waals surface area contributed by atoms with Gasteiger partial charge in [0.2, 0.25) is 5.91 Å². The van der Waals surface area contributed by atoms with Crippen molar-refractivity contribution in [2.24, 2.45) is 0 Å². The fourth-order valence-corrected chi connectivity index (χ4v) is 2.23. The lowest BCUT2D eigenvalue weighted by atomic mass is 10.1. The number of likely N-dealkylation sites (N-methyl/N-ethyl adjacent to an activating group) is 1. The zero-order valence-electron chi connectivity index (χ0n) is 12.7. The van der Waals surface area contributed by atoms with Gasteiger partial charge in [0.25, 0.3) is 0 Å². The van der Waals surface area contributed by atoms with E-state index < -0.39 is 12.0 Å². The highest BCUT2D eigenvalue weighted by atomic mass is 35.5. The first-order chi connectivity index (χ1) is 9.85. The van der Waals surface area contributed by atoms with Crippen LogP contribution >= 0.6 is 11.6 Å². The molecule has 6 heteroatoms. The van der Waals surface area contributed by atoms with Crippen LogP contribution in [0.4, 0.5) is 0 Å². The number of hydrogen-bond donors (Lipinski definition) is 1. The third kappa shape index (κ3) is 5.36. The van der Waals surface area contributed by atoms with Crippen LogP contribution < -0.4 is 5.32 Å². The van der Waals surface area contributed by atoms with Gasteiger partial charge in [0.1, 0.15) is 6.04 Å². The molecule has 116 valence electrons. The number of benzene rings is 1. The molecule has 0 spiro atoms. The van der Waals surface area contributed by atoms with Crippen molar-refractivity contribution in [1.29, 1.82) is 0 Å². The smallest absolute Gasteiger partial charge is 0.329 e. The lowest BCUT2D eigenvalue weighted by Crippen LogP contribution is -2.48. The number of nitrogens with one attached hydrogen (secondary N) is 1. The van der Waals surface area contributed by atoms with Crippen molar-refractivity contribution in [3.8, 4) is 0 Å². The zero-order chi connectivity index (χ0) is 16.0. The summed E-state index contributed by atoms with van der Waals surface area (Å²) < 4.78 is 4.72. The summed E-state index contributed by atoms with van der Waals surface area (Å²) >= 11 is 5.99. The van der Waals surface area contributed by atoms with Gasteiger partial charge >= 0.3 is 5.97 Å². The van der Waals surface area contributed by atoms with Crippen LogP contribution in [0.25, 0.3) is 0 Å². The van der Waals surface area contributed by atoms with E-state index in [4.69, 9.17) is 16.3 Å². The van der Waals surface area contributed by atoms with Crippen LogP contribution in [0.3, 0.4) is 0 Å². The largest absolute Gasteiger partial charge is 0.467 e. The Balaban J connectivity index is 2.78. The summed E-state index contributed by atoms with van der Waals surface area (Å²) in [6.07, 6.45) is 0. The molecule has 5 nitrogen and oxygen atoms in total. The van der Waals surface area contributed by atoms with E-state index in [1.807, 2.05) is 43.1 Å². The molecular formula is C15H21ClN2O3. The number of carbonyl (C=O) groups excluding carboxylic acids is 2. The Bertz CT molecular complexity index is 507. The van der Waals surface area contributed by atoms with Crippen molar-refractivity contribution in [3.05, 3.63) is 34.9 Å². The van der Waals surface area contributed by atoms with Crippen LogP contribution in [0.1, 0.15) is 25.5 Å². The molecular weight excluding hydrogens is 292 g/mol. The van der Waals surface area contributed by atoms with Crippen LogP contribution in [0.2, 0.25) is 5.02 Å². The summed E-state index contributed by atoms with van der Waals surface area (Å²) in [7, 11) is 3.18. The summed E-state index contributed by atoms with van der Waals surface area (Å²) in [4.78, 5) is 24.9. The molecule has 0 aliphatic heterocycles. The van der Waals surface area contributed by atoms with Crippen LogP contribution in [0.15, 0.2) is 24.3 Å². The molecule has 0 aliphatic rings. The monoisotopic (exact) mass is 312 g/mol. The Morgan fingerprint density at radius 3 is 2.62 bits per heavy atom. The molecule has 1 rings (SSSR count). The highest BCUT2D eigenvalue weighted by Gasteiger charge is 2.24. The number of esters is 1. The Kier molecular flexibility index (Phi) is 6.65. The van der Waals surface area contributed by atoms with Crippen molar-refractivity contribution in [2.75, 3.05) is 20.7 Å². The topological polar surface area (TPSA) is 58.6 Å². The van der Waals surface area contributed by atoms with Crippen molar-refractivity contribution in [3.63, 3.8) is 0 Å². The lowest BCUT2D eigenvalue weighted by molar-refractivity contribution is -0.145. The molecule has 2 unspecified atom stereocenters. The minimum atomic E-state index is -0.695.